The molecule has 1 atom stereocenters. The number of alkyl halides is 3. The van der Waals surface area contributed by atoms with Crippen molar-refractivity contribution >= 4 is 40.6 Å². The van der Waals surface area contributed by atoms with Crippen LogP contribution in [0.5, 0.6) is 0 Å². The second-order valence-corrected chi connectivity index (χ2v) is 8.49. The maximum absolute atomic E-state index is 14.2. The zero-order valence-corrected chi connectivity index (χ0v) is 18.9. The van der Waals surface area contributed by atoms with E-state index in [1.807, 2.05) is 0 Å². The number of nitrogens with one attached hydrogen (secondary N) is 1. The molecule has 3 aromatic rings. The minimum atomic E-state index is -4.81. The number of amides is 1. The Hall–Kier alpha value is -3.04. The van der Waals surface area contributed by atoms with Gasteiger partial charge in [0.25, 0.3) is 11.5 Å². The van der Waals surface area contributed by atoms with Crippen LogP contribution in [-0.2, 0) is 17.5 Å². The number of nitrogens with zero attached hydrogens (tertiary/aromatic N) is 3. The standard InChI is InChI=1S/C22H17Cl2F3N4O2/c1-12-6-19(31(2)29-12)28-20(32)14-5-3-4-13(7-14)18-11-21(33-30-18,22(25,26)27)15-8-16(23)10-17(24)9-15/h3-10H,11H2,1-2H3,(H,28,32). The van der Waals surface area contributed by atoms with Gasteiger partial charge in [0.1, 0.15) is 5.82 Å². The second-order valence-electron chi connectivity index (χ2n) is 7.62. The summed E-state index contributed by atoms with van der Waals surface area (Å²) in [6, 6.07) is 11.5. The molecule has 0 radical (unpaired) electrons. The van der Waals surface area contributed by atoms with Gasteiger partial charge >= 0.3 is 6.18 Å². The normalized spacial score (nSPS) is 18.1. The summed E-state index contributed by atoms with van der Waals surface area (Å²) in [6.07, 6.45) is -5.42. The molecule has 0 aliphatic carbocycles. The summed E-state index contributed by atoms with van der Waals surface area (Å²) in [4.78, 5) is 17.7. The highest BCUT2D eigenvalue weighted by molar-refractivity contribution is 6.34. The van der Waals surface area contributed by atoms with Crippen LogP contribution in [0, 0.1) is 6.92 Å². The Labute approximate surface area is 196 Å². The van der Waals surface area contributed by atoms with Gasteiger partial charge in [-0.2, -0.15) is 18.3 Å². The fourth-order valence-electron chi connectivity index (χ4n) is 3.60. The number of anilines is 1. The number of oxime groups is 1. The maximum Gasteiger partial charge on any atom is 0.435 e. The Bertz CT molecular complexity index is 1250. The molecule has 6 nitrogen and oxygen atoms in total. The fourth-order valence-corrected chi connectivity index (χ4v) is 4.13. The van der Waals surface area contributed by atoms with Gasteiger partial charge in [0.05, 0.1) is 11.4 Å². The Morgan fingerprint density at radius 1 is 1.15 bits per heavy atom. The minimum absolute atomic E-state index is 0.0365. The zero-order valence-electron chi connectivity index (χ0n) is 17.4. The minimum Gasteiger partial charge on any atom is -0.374 e. The van der Waals surface area contributed by atoms with Crippen LogP contribution in [0.15, 0.2) is 53.7 Å². The van der Waals surface area contributed by atoms with Crippen LogP contribution in [0.25, 0.3) is 0 Å². The predicted molar refractivity (Wildman–Crippen MR) is 119 cm³/mol. The molecule has 0 fully saturated rings. The molecule has 11 heteroatoms. The van der Waals surface area contributed by atoms with Crippen molar-refractivity contribution in [3.63, 3.8) is 0 Å². The first-order valence-electron chi connectivity index (χ1n) is 9.69. The molecule has 1 aliphatic rings. The lowest BCUT2D eigenvalue weighted by molar-refractivity contribution is -0.275. The first kappa shape index (κ1) is 23.1. The van der Waals surface area contributed by atoms with E-state index in [0.717, 1.165) is 17.8 Å². The van der Waals surface area contributed by atoms with E-state index in [0.29, 0.717) is 11.4 Å². The highest BCUT2D eigenvalue weighted by Crippen LogP contribution is 2.49. The Morgan fingerprint density at radius 3 is 2.45 bits per heavy atom. The molecular weight excluding hydrogens is 480 g/mol. The number of aryl methyl sites for hydroxylation is 2. The van der Waals surface area contributed by atoms with E-state index in [1.54, 1.807) is 38.2 Å². The molecule has 0 saturated heterocycles. The molecule has 0 saturated carbocycles. The first-order valence-corrected chi connectivity index (χ1v) is 10.4. The zero-order chi connectivity index (χ0) is 24.0. The lowest BCUT2D eigenvalue weighted by Crippen LogP contribution is -2.42. The number of aromatic nitrogens is 2. The van der Waals surface area contributed by atoms with Gasteiger partial charge < -0.3 is 10.2 Å². The van der Waals surface area contributed by atoms with Gasteiger partial charge in [0, 0.05) is 46.3 Å². The van der Waals surface area contributed by atoms with E-state index in [1.165, 1.54) is 16.8 Å². The molecule has 1 N–H and O–H groups in total. The second kappa shape index (κ2) is 8.39. The molecule has 0 spiro atoms. The van der Waals surface area contributed by atoms with Crippen LogP contribution >= 0.6 is 23.2 Å². The monoisotopic (exact) mass is 496 g/mol. The molecule has 2 heterocycles. The molecule has 172 valence electrons. The lowest BCUT2D eigenvalue weighted by Gasteiger charge is -2.29. The van der Waals surface area contributed by atoms with Crippen molar-refractivity contribution in [2.75, 3.05) is 5.32 Å². The number of hydrogen-bond acceptors (Lipinski definition) is 4. The quantitative estimate of drug-likeness (QED) is 0.491. The topological polar surface area (TPSA) is 68.5 Å². The van der Waals surface area contributed by atoms with Crippen molar-refractivity contribution in [2.45, 2.75) is 25.1 Å². The van der Waals surface area contributed by atoms with Gasteiger partial charge in [-0.05, 0) is 37.3 Å². The average Bonchev–Trinajstić information content (AvgIpc) is 3.31. The Balaban J connectivity index is 1.63. The molecule has 1 aliphatic heterocycles. The summed E-state index contributed by atoms with van der Waals surface area (Å²) in [5, 5.41) is 10.7. The largest absolute Gasteiger partial charge is 0.435 e. The van der Waals surface area contributed by atoms with Crippen LogP contribution < -0.4 is 5.32 Å². The van der Waals surface area contributed by atoms with Crippen LogP contribution in [0.1, 0.15) is 33.6 Å². The third-order valence-electron chi connectivity index (χ3n) is 5.22. The SMILES string of the molecule is Cc1cc(NC(=O)c2cccc(C3=NOC(c4cc(Cl)cc(Cl)c4)(C(F)(F)F)C3)c2)n(C)n1. The van der Waals surface area contributed by atoms with Crippen molar-refractivity contribution in [3.8, 4) is 0 Å². The van der Waals surface area contributed by atoms with Gasteiger partial charge in [-0.15, -0.1) is 0 Å². The predicted octanol–water partition coefficient (Wildman–Crippen LogP) is 5.87. The number of carbonyl (C=O) groups is 1. The van der Waals surface area contributed by atoms with Gasteiger partial charge in [-0.3, -0.25) is 9.48 Å². The lowest BCUT2D eigenvalue weighted by atomic mass is 9.86. The third-order valence-corrected chi connectivity index (χ3v) is 5.65. The number of hydrogen-bond donors (Lipinski definition) is 1. The van der Waals surface area contributed by atoms with E-state index in [2.05, 4.69) is 15.6 Å². The van der Waals surface area contributed by atoms with Crippen molar-refractivity contribution in [1.82, 2.24) is 9.78 Å². The average molecular weight is 497 g/mol. The Kier molecular flexibility index (Phi) is 5.88. The molecular formula is C22H17Cl2F3N4O2. The van der Waals surface area contributed by atoms with Crippen molar-refractivity contribution in [1.29, 1.82) is 0 Å². The van der Waals surface area contributed by atoms with Crippen LogP contribution in [0.4, 0.5) is 19.0 Å². The molecule has 2 aromatic carbocycles. The van der Waals surface area contributed by atoms with Crippen molar-refractivity contribution in [2.24, 2.45) is 12.2 Å². The summed E-state index contributed by atoms with van der Waals surface area (Å²) >= 11 is 11.9. The van der Waals surface area contributed by atoms with Crippen molar-refractivity contribution < 1.29 is 22.8 Å². The number of rotatable bonds is 4. The van der Waals surface area contributed by atoms with Crippen molar-refractivity contribution in [3.05, 3.63) is 81.0 Å². The summed E-state index contributed by atoms with van der Waals surface area (Å²) in [6.45, 7) is 1.79. The highest BCUT2D eigenvalue weighted by atomic mass is 35.5. The smallest absolute Gasteiger partial charge is 0.374 e. The molecule has 33 heavy (non-hydrogen) atoms. The van der Waals surface area contributed by atoms with E-state index < -0.39 is 24.1 Å². The van der Waals surface area contributed by atoms with Gasteiger partial charge in [0.2, 0.25) is 0 Å². The third kappa shape index (κ3) is 4.43. The molecule has 1 amide bonds. The van der Waals surface area contributed by atoms with E-state index in [-0.39, 0.29) is 26.9 Å². The Morgan fingerprint density at radius 2 is 1.85 bits per heavy atom. The molecule has 0 bridgehead atoms. The van der Waals surface area contributed by atoms with Crippen LogP contribution in [0.3, 0.4) is 0 Å². The maximum atomic E-state index is 14.2. The highest BCUT2D eigenvalue weighted by Gasteiger charge is 2.62. The van der Waals surface area contributed by atoms with Crippen LogP contribution in [0.2, 0.25) is 10.0 Å². The summed E-state index contributed by atoms with van der Waals surface area (Å²) < 4.78 is 44.1. The summed E-state index contributed by atoms with van der Waals surface area (Å²) in [7, 11) is 1.68. The van der Waals surface area contributed by atoms with Gasteiger partial charge in [0.15, 0.2) is 0 Å². The molecule has 1 aromatic heterocycles. The summed E-state index contributed by atoms with van der Waals surface area (Å²) in [5.41, 5.74) is -1.68. The molecule has 1 unspecified atom stereocenters. The summed E-state index contributed by atoms with van der Waals surface area (Å²) in [5.74, 6) is 0.0430. The number of carbonyl (C=O) groups excluding carboxylic acids is 1. The van der Waals surface area contributed by atoms with E-state index in [4.69, 9.17) is 28.0 Å². The van der Waals surface area contributed by atoms with E-state index in [9.17, 15) is 18.0 Å². The molecule has 4 rings (SSSR count). The van der Waals surface area contributed by atoms with Gasteiger partial charge in [-0.25, -0.2) is 0 Å². The number of benzene rings is 2. The fraction of sp³-hybridized carbons (Fsp3) is 0.227. The van der Waals surface area contributed by atoms with Crippen LogP contribution in [-0.4, -0.2) is 27.6 Å². The van der Waals surface area contributed by atoms with E-state index >= 15 is 0 Å². The first-order chi connectivity index (χ1) is 15.5. The number of halogens is 5. The van der Waals surface area contributed by atoms with Gasteiger partial charge in [-0.1, -0.05) is 40.5 Å².